The molecule has 110 valence electrons. The van der Waals surface area contributed by atoms with Gasteiger partial charge in [-0.1, -0.05) is 30.2 Å². The second kappa shape index (κ2) is 6.59. The van der Waals surface area contributed by atoms with Crippen molar-refractivity contribution in [2.75, 3.05) is 27.2 Å². The molecule has 20 heavy (non-hydrogen) atoms. The van der Waals surface area contributed by atoms with Crippen molar-refractivity contribution in [2.24, 2.45) is 0 Å². The third kappa shape index (κ3) is 3.33. The number of rotatable bonds is 6. The van der Waals surface area contributed by atoms with E-state index >= 15 is 0 Å². The number of carbonyl (C=O) groups excluding carboxylic acids is 1. The Morgan fingerprint density at radius 2 is 2.15 bits per heavy atom. The van der Waals surface area contributed by atoms with Gasteiger partial charge in [0.25, 0.3) is 0 Å². The zero-order valence-electron chi connectivity index (χ0n) is 12.3. The molecule has 2 rings (SSSR count). The molecule has 1 aromatic carbocycles. The van der Waals surface area contributed by atoms with Gasteiger partial charge in [0.2, 0.25) is 5.91 Å². The standard InChI is InChI=1S/C16H23ClN2O/c1-19(2)11-5-10-18-15(20)16(8-4-9-16)13-6-3-7-14(17)12-13/h3,6-7,12H,4-5,8-11H2,1-2H3,(H,18,20). The SMILES string of the molecule is CN(C)CCCNC(=O)C1(c2cccc(Cl)c2)CCC1. The van der Waals surface area contributed by atoms with Gasteiger partial charge in [0, 0.05) is 11.6 Å². The van der Waals surface area contributed by atoms with Crippen LogP contribution in [0.3, 0.4) is 0 Å². The molecule has 3 nitrogen and oxygen atoms in total. The van der Waals surface area contributed by atoms with E-state index in [1.807, 2.05) is 38.4 Å². The lowest BCUT2D eigenvalue weighted by Crippen LogP contribution is -2.49. The minimum atomic E-state index is -0.344. The summed E-state index contributed by atoms with van der Waals surface area (Å²) in [6, 6.07) is 7.73. The zero-order chi connectivity index (χ0) is 14.6. The molecule has 1 saturated carbocycles. The Morgan fingerprint density at radius 1 is 1.40 bits per heavy atom. The highest BCUT2D eigenvalue weighted by Gasteiger charge is 2.45. The number of nitrogens with zero attached hydrogens (tertiary/aromatic N) is 1. The Hall–Kier alpha value is -1.06. The highest BCUT2D eigenvalue weighted by atomic mass is 35.5. The summed E-state index contributed by atoms with van der Waals surface area (Å²) in [4.78, 5) is 14.7. The summed E-state index contributed by atoms with van der Waals surface area (Å²) in [7, 11) is 4.09. The van der Waals surface area contributed by atoms with E-state index in [-0.39, 0.29) is 11.3 Å². The van der Waals surface area contributed by atoms with E-state index in [0.29, 0.717) is 5.02 Å². The van der Waals surface area contributed by atoms with Crippen molar-refractivity contribution in [3.63, 3.8) is 0 Å². The van der Waals surface area contributed by atoms with Gasteiger partial charge in [-0.25, -0.2) is 0 Å². The number of amides is 1. The number of carbonyl (C=O) groups is 1. The molecule has 0 heterocycles. The molecular weight excluding hydrogens is 272 g/mol. The fourth-order valence-electron chi connectivity index (χ4n) is 2.73. The molecule has 0 unspecified atom stereocenters. The Bertz CT molecular complexity index is 469. The zero-order valence-corrected chi connectivity index (χ0v) is 13.0. The maximum Gasteiger partial charge on any atom is 0.230 e. The predicted octanol–water partition coefficient (Wildman–Crippen LogP) is 2.83. The van der Waals surface area contributed by atoms with E-state index in [0.717, 1.165) is 44.3 Å². The molecule has 1 aliphatic carbocycles. The molecule has 0 saturated heterocycles. The summed E-state index contributed by atoms with van der Waals surface area (Å²) < 4.78 is 0. The first-order chi connectivity index (χ1) is 9.54. The Kier molecular flexibility index (Phi) is 5.06. The lowest BCUT2D eigenvalue weighted by Gasteiger charge is -2.40. The summed E-state index contributed by atoms with van der Waals surface area (Å²) in [6.45, 7) is 1.73. The van der Waals surface area contributed by atoms with E-state index < -0.39 is 0 Å². The van der Waals surface area contributed by atoms with Crippen molar-refractivity contribution in [1.82, 2.24) is 10.2 Å². The van der Waals surface area contributed by atoms with Gasteiger partial charge >= 0.3 is 0 Å². The van der Waals surface area contributed by atoms with Crippen molar-refractivity contribution in [1.29, 1.82) is 0 Å². The first-order valence-electron chi connectivity index (χ1n) is 7.24. The molecule has 1 aromatic rings. The topological polar surface area (TPSA) is 32.3 Å². The van der Waals surface area contributed by atoms with Crippen molar-refractivity contribution in [3.8, 4) is 0 Å². The lowest BCUT2D eigenvalue weighted by molar-refractivity contribution is -0.129. The minimum absolute atomic E-state index is 0.157. The molecule has 0 aliphatic heterocycles. The molecule has 0 aromatic heterocycles. The van der Waals surface area contributed by atoms with E-state index in [9.17, 15) is 4.79 Å². The molecule has 1 amide bonds. The number of halogens is 1. The first kappa shape index (κ1) is 15.3. The van der Waals surface area contributed by atoms with Crippen LogP contribution in [-0.2, 0) is 10.2 Å². The maximum absolute atomic E-state index is 12.5. The third-order valence-electron chi connectivity index (χ3n) is 4.09. The molecule has 4 heteroatoms. The molecule has 1 N–H and O–H groups in total. The number of benzene rings is 1. The molecular formula is C16H23ClN2O. The van der Waals surface area contributed by atoms with Gasteiger partial charge in [0.15, 0.2) is 0 Å². The minimum Gasteiger partial charge on any atom is -0.355 e. The highest BCUT2D eigenvalue weighted by Crippen LogP contribution is 2.44. The van der Waals surface area contributed by atoms with Crippen LogP contribution >= 0.6 is 11.6 Å². The normalized spacial score (nSPS) is 16.8. The van der Waals surface area contributed by atoms with Gasteiger partial charge in [-0.3, -0.25) is 4.79 Å². The first-order valence-corrected chi connectivity index (χ1v) is 7.61. The van der Waals surface area contributed by atoms with Gasteiger partial charge in [-0.05, 0) is 57.6 Å². The van der Waals surface area contributed by atoms with E-state index in [1.165, 1.54) is 0 Å². The van der Waals surface area contributed by atoms with Gasteiger partial charge < -0.3 is 10.2 Å². The summed E-state index contributed by atoms with van der Waals surface area (Å²) in [5.41, 5.74) is 0.713. The summed E-state index contributed by atoms with van der Waals surface area (Å²) in [5.74, 6) is 0.157. The van der Waals surface area contributed by atoms with Gasteiger partial charge in [-0.2, -0.15) is 0 Å². The van der Waals surface area contributed by atoms with Crippen LogP contribution in [0.2, 0.25) is 5.02 Å². The third-order valence-corrected chi connectivity index (χ3v) is 4.32. The fourth-order valence-corrected chi connectivity index (χ4v) is 2.92. The molecule has 0 radical (unpaired) electrons. The second-order valence-electron chi connectivity index (χ2n) is 5.86. The van der Waals surface area contributed by atoms with Crippen LogP contribution < -0.4 is 5.32 Å². The molecule has 0 atom stereocenters. The van der Waals surface area contributed by atoms with Crippen LogP contribution in [0.15, 0.2) is 24.3 Å². The smallest absolute Gasteiger partial charge is 0.230 e. The lowest BCUT2D eigenvalue weighted by atomic mass is 9.64. The Labute approximate surface area is 126 Å². The summed E-state index contributed by atoms with van der Waals surface area (Å²) in [6.07, 6.45) is 3.93. The summed E-state index contributed by atoms with van der Waals surface area (Å²) in [5, 5.41) is 3.79. The number of nitrogens with one attached hydrogen (secondary N) is 1. The largest absolute Gasteiger partial charge is 0.355 e. The van der Waals surface area contributed by atoms with Gasteiger partial charge in [0.05, 0.1) is 5.41 Å². The van der Waals surface area contributed by atoms with Gasteiger partial charge in [-0.15, -0.1) is 0 Å². The van der Waals surface area contributed by atoms with Gasteiger partial charge in [0.1, 0.15) is 0 Å². The maximum atomic E-state index is 12.5. The molecule has 0 bridgehead atoms. The van der Waals surface area contributed by atoms with E-state index in [1.54, 1.807) is 0 Å². The van der Waals surface area contributed by atoms with E-state index in [4.69, 9.17) is 11.6 Å². The number of hydrogen-bond donors (Lipinski definition) is 1. The summed E-state index contributed by atoms with van der Waals surface area (Å²) >= 11 is 6.06. The van der Waals surface area contributed by atoms with Crippen LogP contribution in [0.4, 0.5) is 0 Å². The monoisotopic (exact) mass is 294 g/mol. The molecule has 0 spiro atoms. The predicted molar refractivity (Wildman–Crippen MR) is 83.2 cm³/mol. The average Bonchev–Trinajstić information content (AvgIpc) is 2.33. The quantitative estimate of drug-likeness (QED) is 0.818. The van der Waals surface area contributed by atoms with Crippen LogP contribution in [-0.4, -0.2) is 38.0 Å². The van der Waals surface area contributed by atoms with E-state index in [2.05, 4.69) is 10.2 Å². The van der Waals surface area contributed by atoms with Crippen molar-refractivity contribution in [3.05, 3.63) is 34.9 Å². The van der Waals surface area contributed by atoms with Crippen LogP contribution in [0, 0.1) is 0 Å². The fraction of sp³-hybridized carbons (Fsp3) is 0.562. The van der Waals surface area contributed by atoms with Crippen LogP contribution in [0.5, 0.6) is 0 Å². The van der Waals surface area contributed by atoms with Crippen molar-refractivity contribution in [2.45, 2.75) is 31.1 Å². The highest BCUT2D eigenvalue weighted by molar-refractivity contribution is 6.30. The van der Waals surface area contributed by atoms with Crippen molar-refractivity contribution < 1.29 is 4.79 Å². The Morgan fingerprint density at radius 3 is 2.70 bits per heavy atom. The average molecular weight is 295 g/mol. The van der Waals surface area contributed by atoms with Crippen LogP contribution in [0.25, 0.3) is 0 Å². The Balaban J connectivity index is 1.98. The second-order valence-corrected chi connectivity index (χ2v) is 6.30. The van der Waals surface area contributed by atoms with Crippen molar-refractivity contribution >= 4 is 17.5 Å². The molecule has 1 aliphatic rings. The molecule has 1 fully saturated rings. The van der Waals surface area contributed by atoms with Crippen LogP contribution in [0.1, 0.15) is 31.2 Å². The number of hydrogen-bond acceptors (Lipinski definition) is 2.